The van der Waals surface area contributed by atoms with Gasteiger partial charge in [-0.05, 0) is 73.6 Å². The highest BCUT2D eigenvalue weighted by molar-refractivity contribution is 6.30. The van der Waals surface area contributed by atoms with Gasteiger partial charge in [-0.2, -0.15) is 0 Å². The van der Waals surface area contributed by atoms with E-state index in [1.54, 1.807) is 24.3 Å². The predicted octanol–water partition coefficient (Wildman–Crippen LogP) is 4.20. The van der Waals surface area contributed by atoms with Crippen LogP contribution < -0.4 is 0 Å². The summed E-state index contributed by atoms with van der Waals surface area (Å²) in [4.78, 5) is 32.6. The molecule has 5 nitrogen and oxygen atoms in total. The molecule has 0 spiro atoms. The second-order valence-corrected chi connectivity index (χ2v) is 9.27. The molecule has 2 fully saturated rings. The zero-order valence-electron chi connectivity index (χ0n) is 17.7. The number of likely N-dealkylation sites (tertiary alicyclic amines) is 2. The number of hydrogen-bond acceptors (Lipinski definition) is 3. The van der Waals surface area contributed by atoms with Gasteiger partial charge in [0.1, 0.15) is 0 Å². The van der Waals surface area contributed by atoms with Gasteiger partial charge in [0, 0.05) is 48.9 Å². The molecule has 5 rings (SSSR count). The summed E-state index contributed by atoms with van der Waals surface area (Å²) in [5, 5.41) is 0.570. The van der Waals surface area contributed by atoms with Crippen LogP contribution in [0, 0.1) is 0 Å². The van der Waals surface area contributed by atoms with Gasteiger partial charge in [-0.1, -0.05) is 23.7 Å². The third-order valence-corrected chi connectivity index (χ3v) is 7.10. The summed E-state index contributed by atoms with van der Waals surface area (Å²) in [5.41, 5.74) is 3.69. The van der Waals surface area contributed by atoms with E-state index < -0.39 is 0 Å². The Balaban J connectivity index is 1.30. The normalized spacial score (nSPS) is 21.4. The Labute approximate surface area is 188 Å². The molecule has 0 aromatic heterocycles. The van der Waals surface area contributed by atoms with Gasteiger partial charge in [0.2, 0.25) is 0 Å². The molecule has 3 aliphatic heterocycles. The Morgan fingerprint density at radius 3 is 2.45 bits per heavy atom. The van der Waals surface area contributed by atoms with E-state index in [4.69, 9.17) is 11.6 Å². The molecular weight excluding hydrogens is 410 g/mol. The van der Waals surface area contributed by atoms with Crippen LogP contribution in [-0.4, -0.2) is 58.9 Å². The quantitative estimate of drug-likeness (QED) is 0.722. The molecule has 2 aromatic carbocycles. The molecule has 0 saturated carbocycles. The highest BCUT2D eigenvalue weighted by Crippen LogP contribution is 2.28. The van der Waals surface area contributed by atoms with Crippen LogP contribution >= 0.6 is 11.6 Å². The van der Waals surface area contributed by atoms with E-state index in [9.17, 15) is 9.59 Å². The largest absolute Gasteiger partial charge is 0.334 e. The lowest BCUT2D eigenvalue weighted by atomic mass is 9.96. The van der Waals surface area contributed by atoms with Crippen molar-refractivity contribution in [3.05, 3.63) is 69.7 Å². The summed E-state index contributed by atoms with van der Waals surface area (Å²) in [6.07, 6.45) is 5.66. The Morgan fingerprint density at radius 2 is 1.65 bits per heavy atom. The molecular formula is C25H28ClN3O2. The summed E-state index contributed by atoms with van der Waals surface area (Å²) in [5.74, 6) is 0.147. The smallest absolute Gasteiger partial charge is 0.255 e. The minimum atomic E-state index is -0.00109. The molecule has 2 saturated heterocycles. The zero-order valence-corrected chi connectivity index (χ0v) is 18.5. The fourth-order valence-corrected chi connectivity index (χ4v) is 5.42. The van der Waals surface area contributed by atoms with Crippen LogP contribution in [0.15, 0.2) is 42.5 Å². The van der Waals surface area contributed by atoms with Crippen LogP contribution in [0.3, 0.4) is 0 Å². The van der Waals surface area contributed by atoms with Crippen LogP contribution in [0.1, 0.15) is 57.5 Å². The third kappa shape index (κ3) is 4.09. The van der Waals surface area contributed by atoms with E-state index in [2.05, 4.69) is 15.9 Å². The van der Waals surface area contributed by atoms with E-state index in [1.165, 1.54) is 18.4 Å². The van der Waals surface area contributed by atoms with Crippen molar-refractivity contribution < 1.29 is 9.59 Å². The van der Waals surface area contributed by atoms with Gasteiger partial charge in [0.05, 0.1) is 6.17 Å². The number of halogens is 1. The molecule has 2 amide bonds. The summed E-state index contributed by atoms with van der Waals surface area (Å²) in [6.45, 7) is 4.27. The third-order valence-electron chi connectivity index (χ3n) is 6.87. The Kier molecular flexibility index (Phi) is 5.72. The maximum atomic E-state index is 13.3. The molecule has 3 aliphatic rings. The minimum Gasteiger partial charge on any atom is -0.334 e. The zero-order chi connectivity index (χ0) is 21.4. The number of hydrogen-bond donors (Lipinski definition) is 0. The molecule has 1 unspecified atom stereocenters. The van der Waals surface area contributed by atoms with Crippen LogP contribution in [-0.2, 0) is 13.0 Å². The van der Waals surface area contributed by atoms with Crippen molar-refractivity contribution in [1.29, 1.82) is 0 Å². The van der Waals surface area contributed by atoms with Crippen molar-refractivity contribution in [3.8, 4) is 0 Å². The number of amides is 2. The molecule has 1 atom stereocenters. The van der Waals surface area contributed by atoms with Gasteiger partial charge in [0.25, 0.3) is 11.8 Å². The van der Waals surface area contributed by atoms with Crippen molar-refractivity contribution in [2.45, 2.75) is 44.8 Å². The number of benzene rings is 2. The second kappa shape index (κ2) is 8.64. The Morgan fingerprint density at radius 1 is 0.839 bits per heavy atom. The Bertz CT molecular complexity index is 1000. The van der Waals surface area contributed by atoms with Crippen LogP contribution in [0.2, 0.25) is 5.02 Å². The summed E-state index contributed by atoms with van der Waals surface area (Å²) in [7, 11) is 0. The standard InChI is InChI=1S/C25H28ClN3O2/c26-22-6-3-5-19(16-22)24(30)28-14-10-18-15-20(8-9-21(18)17-28)25(31)29-13-4-7-23(29)27-11-1-2-12-27/h3,5-6,8-9,15-16,23H,1-2,4,7,10-14,17H2. The molecule has 0 bridgehead atoms. The first-order valence-corrected chi connectivity index (χ1v) is 11.7. The summed E-state index contributed by atoms with van der Waals surface area (Å²) < 4.78 is 0. The topological polar surface area (TPSA) is 43.9 Å². The highest BCUT2D eigenvalue weighted by atomic mass is 35.5. The van der Waals surface area contributed by atoms with Crippen molar-refractivity contribution in [2.24, 2.45) is 0 Å². The fourth-order valence-electron chi connectivity index (χ4n) is 5.23. The van der Waals surface area contributed by atoms with E-state index in [1.807, 2.05) is 17.0 Å². The van der Waals surface area contributed by atoms with Crippen LogP contribution in [0.5, 0.6) is 0 Å². The van der Waals surface area contributed by atoms with E-state index in [0.717, 1.165) is 50.0 Å². The number of carbonyl (C=O) groups is 2. The monoisotopic (exact) mass is 437 g/mol. The number of carbonyl (C=O) groups excluding carboxylic acids is 2. The van der Waals surface area contributed by atoms with Crippen molar-refractivity contribution in [3.63, 3.8) is 0 Å². The molecule has 0 radical (unpaired) electrons. The molecule has 0 aliphatic carbocycles. The van der Waals surface area contributed by atoms with Gasteiger partial charge in [-0.15, -0.1) is 0 Å². The minimum absolute atomic E-state index is 0.00109. The average Bonchev–Trinajstić information content (AvgIpc) is 3.49. The van der Waals surface area contributed by atoms with Gasteiger partial charge in [0.15, 0.2) is 0 Å². The maximum Gasteiger partial charge on any atom is 0.255 e. The van der Waals surface area contributed by atoms with Crippen LogP contribution in [0.25, 0.3) is 0 Å². The fraction of sp³-hybridized carbons (Fsp3) is 0.440. The van der Waals surface area contributed by atoms with Crippen LogP contribution in [0.4, 0.5) is 0 Å². The predicted molar refractivity (Wildman–Crippen MR) is 121 cm³/mol. The summed E-state index contributed by atoms with van der Waals surface area (Å²) >= 11 is 6.05. The van der Waals surface area contributed by atoms with Gasteiger partial charge in [-0.25, -0.2) is 0 Å². The Hall–Kier alpha value is -2.37. The average molecular weight is 438 g/mol. The maximum absolute atomic E-state index is 13.3. The summed E-state index contributed by atoms with van der Waals surface area (Å²) in [6, 6.07) is 13.1. The number of rotatable bonds is 3. The van der Waals surface area contributed by atoms with E-state index in [0.29, 0.717) is 23.7 Å². The molecule has 6 heteroatoms. The van der Waals surface area contributed by atoms with E-state index >= 15 is 0 Å². The van der Waals surface area contributed by atoms with Gasteiger partial charge < -0.3 is 9.80 Å². The number of fused-ring (bicyclic) bond motifs is 1. The van der Waals surface area contributed by atoms with E-state index in [-0.39, 0.29) is 18.0 Å². The lowest BCUT2D eigenvalue weighted by molar-refractivity contribution is 0.0530. The highest BCUT2D eigenvalue weighted by Gasteiger charge is 2.35. The van der Waals surface area contributed by atoms with Crippen molar-refractivity contribution in [1.82, 2.24) is 14.7 Å². The second-order valence-electron chi connectivity index (χ2n) is 8.84. The first-order valence-electron chi connectivity index (χ1n) is 11.3. The lowest BCUT2D eigenvalue weighted by Gasteiger charge is -2.33. The van der Waals surface area contributed by atoms with Crippen molar-refractivity contribution >= 4 is 23.4 Å². The molecule has 0 N–H and O–H groups in total. The first kappa shape index (κ1) is 20.5. The van der Waals surface area contributed by atoms with Gasteiger partial charge in [-0.3, -0.25) is 14.5 Å². The first-order chi connectivity index (χ1) is 15.1. The molecule has 162 valence electrons. The molecule has 31 heavy (non-hydrogen) atoms. The van der Waals surface area contributed by atoms with Gasteiger partial charge >= 0.3 is 0 Å². The van der Waals surface area contributed by atoms with Crippen molar-refractivity contribution in [2.75, 3.05) is 26.2 Å². The SMILES string of the molecule is O=C(c1cccc(Cl)c1)N1CCc2cc(C(=O)N3CCCC3N3CCCC3)ccc2C1. The lowest BCUT2D eigenvalue weighted by Crippen LogP contribution is -2.46. The molecule has 3 heterocycles. The number of nitrogens with zero attached hydrogens (tertiary/aromatic N) is 3. The molecule has 2 aromatic rings.